The molecule has 1 N–H and O–H groups in total. The molecule has 0 fully saturated rings. The van der Waals surface area contributed by atoms with Crippen LogP contribution in [0, 0.1) is 18.3 Å². The first-order valence-corrected chi connectivity index (χ1v) is 9.69. The smallest absolute Gasteiger partial charge is 0.266 e. The van der Waals surface area contributed by atoms with E-state index in [1.165, 1.54) is 0 Å². The second-order valence-corrected chi connectivity index (χ2v) is 6.95. The molecule has 0 aliphatic carbocycles. The SMILES string of the molecule is Cc1cccc(NC(=O)/C(C#N)=C\c2cn(-c3ccccc3)nc2-c2cccnc2)c1. The van der Waals surface area contributed by atoms with Crippen molar-refractivity contribution in [1.29, 1.82) is 5.26 Å². The van der Waals surface area contributed by atoms with Crippen LogP contribution in [0.3, 0.4) is 0 Å². The number of amides is 1. The number of aryl methyl sites for hydroxylation is 1. The van der Waals surface area contributed by atoms with E-state index < -0.39 is 5.91 Å². The average Bonchev–Trinajstić information content (AvgIpc) is 3.22. The first-order chi connectivity index (χ1) is 15.1. The van der Waals surface area contributed by atoms with E-state index in [4.69, 9.17) is 0 Å². The zero-order valence-electron chi connectivity index (χ0n) is 16.9. The Kier molecular flexibility index (Phi) is 5.68. The van der Waals surface area contributed by atoms with E-state index in [1.807, 2.05) is 73.7 Å². The molecule has 0 spiro atoms. The highest BCUT2D eigenvalue weighted by atomic mass is 16.1. The fraction of sp³-hybridized carbons (Fsp3) is 0.0400. The number of rotatable bonds is 5. The lowest BCUT2D eigenvalue weighted by molar-refractivity contribution is -0.112. The summed E-state index contributed by atoms with van der Waals surface area (Å²) < 4.78 is 1.72. The number of nitrogens with one attached hydrogen (secondary N) is 1. The highest BCUT2D eigenvalue weighted by Crippen LogP contribution is 2.25. The number of carbonyl (C=O) groups excluding carboxylic acids is 1. The third-order valence-corrected chi connectivity index (χ3v) is 4.64. The highest BCUT2D eigenvalue weighted by Gasteiger charge is 2.15. The predicted molar refractivity (Wildman–Crippen MR) is 120 cm³/mol. The topological polar surface area (TPSA) is 83.6 Å². The maximum absolute atomic E-state index is 12.7. The van der Waals surface area contributed by atoms with Crippen molar-refractivity contribution in [2.75, 3.05) is 5.32 Å². The predicted octanol–water partition coefficient (Wildman–Crippen LogP) is 4.79. The van der Waals surface area contributed by atoms with Gasteiger partial charge in [-0.15, -0.1) is 0 Å². The molecule has 1 amide bonds. The van der Waals surface area contributed by atoms with Crippen LogP contribution < -0.4 is 5.32 Å². The lowest BCUT2D eigenvalue weighted by Crippen LogP contribution is -2.13. The number of hydrogen-bond acceptors (Lipinski definition) is 4. The van der Waals surface area contributed by atoms with Gasteiger partial charge in [0.1, 0.15) is 17.3 Å². The standard InChI is InChI=1S/C25H19N5O/c1-18-7-5-9-22(13-18)28-25(31)20(15-26)14-21-17-30(23-10-3-2-4-11-23)29-24(21)19-8-6-12-27-16-19/h2-14,16-17H,1H3,(H,28,31)/b20-14-. The van der Waals surface area contributed by atoms with Crippen LogP contribution in [0.2, 0.25) is 0 Å². The minimum atomic E-state index is -0.474. The van der Waals surface area contributed by atoms with E-state index in [9.17, 15) is 10.1 Å². The molecule has 2 heterocycles. The number of nitriles is 1. The summed E-state index contributed by atoms with van der Waals surface area (Å²) in [6, 6.07) is 22.8. The normalized spacial score (nSPS) is 11.0. The third-order valence-electron chi connectivity index (χ3n) is 4.64. The Labute approximate surface area is 180 Å². The maximum Gasteiger partial charge on any atom is 0.266 e. The molecule has 0 unspecified atom stereocenters. The Morgan fingerprint density at radius 1 is 1.10 bits per heavy atom. The minimum Gasteiger partial charge on any atom is -0.321 e. The van der Waals surface area contributed by atoms with Gasteiger partial charge in [0.15, 0.2) is 0 Å². The zero-order valence-corrected chi connectivity index (χ0v) is 16.9. The van der Waals surface area contributed by atoms with Gasteiger partial charge in [-0.2, -0.15) is 10.4 Å². The molecule has 150 valence electrons. The fourth-order valence-corrected chi connectivity index (χ4v) is 3.16. The first kappa shape index (κ1) is 19.8. The lowest BCUT2D eigenvalue weighted by Gasteiger charge is -2.05. The summed E-state index contributed by atoms with van der Waals surface area (Å²) >= 11 is 0. The van der Waals surface area contributed by atoms with Crippen molar-refractivity contribution in [3.63, 3.8) is 0 Å². The van der Waals surface area contributed by atoms with Crippen LogP contribution in [0.5, 0.6) is 0 Å². The molecule has 31 heavy (non-hydrogen) atoms. The summed E-state index contributed by atoms with van der Waals surface area (Å²) in [5.74, 6) is -0.474. The van der Waals surface area contributed by atoms with Gasteiger partial charge in [0.2, 0.25) is 0 Å². The van der Waals surface area contributed by atoms with Crippen LogP contribution in [0.1, 0.15) is 11.1 Å². The van der Waals surface area contributed by atoms with Gasteiger partial charge in [0.05, 0.1) is 5.69 Å². The van der Waals surface area contributed by atoms with E-state index in [0.717, 1.165) is 16.8 Å². The quantitative estimate of drug-likeness (QED) is 0.382. The summed E-state index contributed by atoms with van der Waals surface area (Å²) in [5, 5.41) is 17.1. The van der Waals surface area contributed by atoms with Crippen LogP contribution >= 0.6 is 0 Å². The maximum atomic E-state index is 12.7. The molecule has 0 radical (unpaired) electrons. The van der Waals surface area contributed by atoms with E-state index in [0.29, 0.717) is 16.9 Å². The van der Waals surface area contributed by atoms with Crippen molar-refractivity contribution in [3.05, 3.63) is 102 Å². The number of aromatic nitrogens is 3. The molecular formula is C25H19N5O. The number of hydrogen-bond donors (Lipinski definition) is 1. The van der Waals surface area contributed by atoms with Crippen molar-refractivity contribution in [3.8, 4) is 23.0 Å². The minimum absolute atomic E-state index is 0.0146. The Hall–Kier alpha value is -4.50. The van der Waals surface area contributed by atoms with Gasteiger partial charge >= 0.3 is 0 Å². The number of nitrogens with zero attached hydrogens (tertiary/aromatic N) is 4. The summed E-state index contributed by atoms with van der Waals surface area (Å²) in [7, 11) is 0. The second kappa shape index (κ2) is 8.89. The fourth-order valence-electron chi connectivity index (χ4n) is 3.16. The lowest BCUT2D eigenvalue weighted by atomic mass is 10.1. The Balaban J connectivity index is 1.74. The average molecular weight is 405 g/mol. The first-order valence-electron chi connectivity index (χ1n) is 9.69. The molecule has 0 atom stereocenters. The summed E-state index contributed by atoms with van der Waals surface area (Å²) in [6.07, 6.45) is 6.74. The van der Waals surface area contributed by atoms with E-state index in [1.54, 1.807) is 35.4 Å². The largest absolute Gasteiger partial charge is 0.321 e. The number of anilines is 1. The molecule has 0 saturated carbocycles. The number of benzene rings is 2. The van der Waals surface area contributed by atoms with Crippen molar-refractivity contribution >= 4 is 17.7 Å². The second-order valence-electron chi connectivity index (χ2n) is 6.95. The molecule has 4 rings (SSSR count). The van der Waals surface area contributed by atoms with Crippen molar-refractivity contribution < 1.29 is 4.79 Å². The highest BCUT2D eigenvalue weighted by molar-refractivity contribution is 6.10. The zero-order chi connectivity index (χ0) is 21.6. The van der Waals surface area contributed by atoms with E-state index >= 15 is 0 Å². The van der Waals surface area contributed by atoms with Gasteiger partial charge < -0.3 is 5.32 Å². The van der Waals surface area contributed by atoms with E-state index in [-0.39, 0.29) is 5.57 Å². The summed E-state index contributed by atoms with van der Waals surface area (Å²) in [4.78, 5) is 16.9. The van der Waals surface area contributed by atoms with Crippen LogP contribution in [0.15, 0.2) is 90.9 Å². The van der Waals surface area contributed by atoms with Crippen molar-refractivity contribution in [1.82, 2.24) is 14.8 Å². The molecular weight excluding hydrogens is 386 g/mol. The van der Waals surface area contributed by atoms with E-state index in [2.05, 4.69) is 15.4 Å². The van der Waals surface area contributed by atoms with Gasteiger partial charge in [-0.05, 0) is 55.0 Å². The Morgan fingerprint density at radius 2 is 1.94 bits per heavy atom. The Morgan fingerprint density at radius 3 is 2.65 bits per heavy atom. The molecule has 0 bridgehead atoms. The summed E-state index contributed by atoms with van der Waals surface area (Å²) in [5.41, 5.74) is 4.58. The van der Waals surface area contributed by atoms with Crippen LogP contribution in [0.25, 0.3) is 23.0 Å². The van der Waals surface area contributed by atoms with Crippen LogP contribution in [-0.2, 0) is 4.79 Å². The third kappa shape index (κ3) is 4.57. The van der Waals surface area contributed by atoms with Crippen molar-refractivity contribution in [2.24, 2.45) is 0 Å². The molecule has 0 aliphatic rings. The molecule has 6 heteroatoms. The molecule has 2 aromatic carbocycles. The van der Waals surface area contributed by atoms with Crippen molar-refractivity contribution in [2.45, 2.75) is 6.92 Å². The number of para-hydroxylation sites is 1. The molecule has 2 aromatic heterocycles. The molecule has 4 aromatic rings. The number of pyridine rings is 1. The van der Waals surface area contributed by atoms with Gasteiger partial charge in [-0.25, -0.2) is 4.68 Å². The molecule has 0 saturated heterocycles. The van der Waals surface area contributed by atoms with Gasteiger partial charge in [-0.1, -0.05) is 30.3 Å². The molecule has 0 aliphatic heterocycles. The monoisotopic (exact) mass is 405 g/mol. The number of carbonyl (C=O) groups is 1. The summed E-state index contributed by atoms with van der Waals surface area (Å²) in [6.45, 7) is 1.94. The molecule has 6 nitrogen and oxygen atoms in total. The van der Waals surface area contributed by atoms with Gasteiger partial charge in [-0.3, -0.25) is 9.78 Å². The van der Waals surface area contributed by atoms with Crippen LogP contribution in [0.4, 0.5) is 5.69 Å². The Bertz CT molecular complexity index is 1280. The van der Waals surface area contributed by atoms with Gasteiger partial charge in [0, 0.05) is 35.4 Å². The van der Waals surface area contributed by atoms with Gasteiger partial charge in [0.25, 0.3) is 5.91 Å². The van der Waals surface area contributed by atoms with Crippen LogP contribution in [-0.4, -0.2) is 20.7 Å².